The summed E-state index contributed by atoms with van der Waals surface area (Å²) in [6, 6.07) is 7.94. The van der Waals surface area contributed by atoms with Crippen molar-refractivity contribution in [2.45, 2.75) is 5.38 Å². The van der Waals surface area contributed by atoms with Crippen molar-refractivity contribution in [3.63, 3.8) is 0 Å². The molecule has 3 heteroatoms. The van der Waals surface area contributed by atoms with Gasteiger partial charge in [0.2, 0.25) is 0 Å². The van der Waals surface area contributed by atoms with Crippen LogP contribution in [0.4, 0.5) is 0 Å². The zero-order chi connectivity index (χ0) is 9.10. The first-order valence-electron chi connectivity index (χ1n) is 3.95. The smallest absolute Gasteiger partial charge is 0.0928 e. The molecular formula is C10H8ClNS. The largest absolute Gasteiger partial charge is 0.265 e. The molecule has 0 amide bonds. The number of nitrogens with zero attached hydrogens (tertiary/aromatic N) is 1. The molecule has 2 aromatic rings. The van der Waals surface area contributed by atoms with Crippen LogP contribution in [-0.4, -0.2) is 4.98 Å². The Hall–Kier alpha value is -0.860. The minimum atomic E-state index is -0.0389. The lowest BCUT2D eigenvalue weighted by Crippen LogP contribution is -1.89. The van der Waals surface area contributed by atoms with E-state index in [1.807, 2.05) is 29.6 Å². The van der Waals surface area contributed by atoms with Gasteiger partial charge in [0.25, 0.3) is 0 Å². The highest BCUT2D eigenvalue weighted by molar-refractivity contribution is 7.10. The molecule has 0 aliphatic carbocycles. The number of thiophene rings is 1. The maximum Gasteiger partial charge on any atom is 0.0928 e. The Morgan fingerprint density at radius 1 is 1.23 bits per heavy atom. The Labute approximate surface area is 86.0 Å². The first-order valence-corrected chi connectivity index (χ1v) is 5.27. The molecule has 2 heterocycles. The first-order chi connectivity index (χ1) is 6.38. The molecule has 0 aromatic carbocycles. The molecule has 2 rings (SSSR count). The van der Waals surface area contributed by atoms with Crippen molar-refractivity contribution in [2.24, 2.45) is 0 Å². The molecule has 1 atom stereocenters. The van der Waals surface area contributed by atoms with Gasteiger partial charge in [-0.15, -0.1) is 22.9 Å². The van der Waals surface area contributed by atoms with Gasteiger partial charge in [0.05, 0.1) is 5.38 Å². The summed E-state index contributed by atoms with van der Waals surface area (Å²) in [5, 5.41) is 1.99. The number of pyridine rings is 1. The Morgan fingerprint density at radius 3 is 2.62 bits per heavy atom. The van der Waals surface area contributed by atoms with E-state index in [4.69, 9.17) is 11.6 Å². The van der Waals surface area contributed by atoms with Crippen molar-refractivity contribution in [2.75, 3.05) is 0 Å². The molecule has 0 aliphatic heterocycles. The van der Waals surface area contributed by atoms with E-state index in [1.165, 1.54) is 4.88 Å². The van der Waals surface area contributed by atoms with Crippen LogP contribution >= 0.6 is 22.9 Å². The molecule has 0 radical (unpaired) electrons. The molecule has 0 aliphatic rings. The van der Waals surface area contributed by atoms with E-state index in [9.17, 15) is 0 Å². The summed E-state index contributed by atoms with van der Waals surface area (Å²) in [4.78, 5) is 5.13. The maximum atomic E-state index is 6.26. The summed E-state index contributed by atoms with van der Waals surface area (Å²) in [5.41, 5.74) is 1.10. The molecule has 0 bridgehead atoms. The predicted octanol–water partition coefficient (Wildman–Crippen LogP) is 3.47. The molecule has 1 unspecified atom stereocenters. The van der Waals surface area contributed by atoms with Crippen LogP contribution in [0.15, 0.2) is 42.0 Å². The van der Waals surface area contributed by atoms with E-state index in [0.717, 1.165) is 5.56 Å². The first kappa shape index (κ1) is 8.73. The zero-order valence-corrected chi connectivity index (χ0v) is 8.42. The third-order valence-electron chi connectivity index (χ3n) is 1.79. The molecule has 0 saturated carbocycles. The number of halogens is 1. The molecule has 13 heavy (non-hydrogen) atoms. The van der Waals surface area contributed by atoms with Crippen molar-refractivity contribution in [1.29, 1.82) is 0 Å². The zero-order valence-electron chi connectivity index (χ0n) is 6.85. The van der Waals surface area contributed by atoms with E-state index < -0.39 is 0 Å². The third-order valence-corrected chi connectivity index (χ3v) is 3.35. The number of aromatic nitrogens is 1. The van der Waals surface area contributed by atoms with Gasteiger partial charge in [0.1, 0.15) is 0 Å². The van der Waals surface area contributed by atoms with Gasteiger partial charge < -0.3 is 0 Å². The SMILES string of the molecule is ClC(c1ccncc1)c1cccs1. The summed E-state index contributed by atoms with van der Waals surface area (Å²) < 4.78 is 0. The Bertz CT molecular complexity index is 358. The minimum Gasteiger partial charge on any atom is -0.265 e. The third kappa shape index (κ3) is 1.90. The quantitative estimate of drug-likeness (QED) is 0.691. The van der Waals surface area contributed by atoms with E-state index in [2.05, 4.69) is 4.98 Å². The van der Waals surface area contributed by atoms with Crippen LogP contribution in [0, 0.1) is 0 Å². The Balaban J connectivity index is 2.29. The molecule has 0 fully saturated rings. The van der Waals surface area contributed by atoms with Crippen molar-refractivity contribution in [3.05, 3.63) is 52.5 Å². The van der Waals surface area contributed by atoms with Crippen LogP contribution in [0.25, 0.3) is 0 Å². The second kappa shape index (κ2) is 3.90. The highest BCUT2D eigenvalue weighted by atomic mass is 35.5. The summed E-state index contributed by atoms with van der Waals surface area (Å²) in [6.07, 6.45) is 3.52. The van der Waals surface area contributed by atoms with Crippen LogP contribution in [0.3, 0.4) is 0 Å². The van der Waals surface area contributed by atoms with Crippen LogP contribution in [-0.2, 0) is 0 Å². The maximum absolute atomic E-state index is 6.26. The molecule has 0 spiro atoms. The van der Waals surface area contributed by atoms with E-state index >= 15 is 0 Å². The summed E-state index contributed by atoms with van der Waals surface area (Å²) in [6.45, 7) is 0. The average Bonchev–Trinajstić information content (AvgIpc) is 2.71. The number of alkyl halides is 1. The van der Waals surface area contributed by atoms with Crippen molar-refractivity contribution >= 4 is 22.9 Å². The van der Waals surface area contributed by atoms with Gasteiger partial charge in [-0.05, 0) is 29.1 Å². The minimum absolute atomic E-state index is 0.0389. The fraction of sp³-hybridized carbons (Fsp3) is 0.100. The standard InChI is InChI=1S/C10H8ClNS/c11-10(9-2-1-7-13-9)8-3-5-12-6-4-8/h1-7,10H. The molecule has 2 aromatic heterocycles. The lowest BCUT2D eigenvalue weighted by Gasteiger charge is -2.05. The summed E-state index contributed by atoms with van der Waals surface area (Å²) >= 11 is 7.93. The Morgan fingerprint density at radius 2 is 2.00 bits per heavy atom. The van der Waals surface area contributed by atoms with Crippen LogP contribution in [0.5, 0.6) is 0 Å². The molecular weight excluding hydrogens is 202 g/mol. The monoisotopic (exact) mass is 209 g/mol. The fourth-order valence-electron chi connectivity index (χ4n) is 1.13. The van der Waals surface area contributed by atoms with E-state index in [0.29, 0.717) is 0 Å². The molecule has 0 saturated heterocycles. The highest BCUT2D eigenvalue weighted by Gasteiger charge is 2.10. The summed E-state index contributed by atoms with van der Waals surface area (Å²) in [5.74, 6) is 0. The van der Waals surface area contributed by atoms with Gasteiger partial charge in [-0.3, -0.25) is 4.98 Å². The second-order valence-corrected chi connectivity index (χ2v) is 4.07. The number of rotatable bonds is 2. The summed E-state index contributed by atoms with van der Waals surface area (Å²) in [7, 11) is 0. The van der Waals surface area contributed by atoms with E-state index in [-0.39, 0.29) is 5.38 Å². The lowest BCUT2D eigenvalue weighted by atomic mass is 10.2. The van der Waals surface area contributed by atoms with Crippen molar-refractivity contribution in [3.8, 4) is 0 Å². The Kier molecular flexibility index (Phi) is 2.62. The van der Waals surface area contributed by atoms with Crippen molar-refractivity contribution in [1.82, 2.24) is 4.98 Å². The van der Waals surface area contributed by atoms with Gasteiger partial charge in [-0.2, -0.15) is 0 Å². The highest BCUT2D eigenvalue weighted by Crippen LogP contribution is 2.31. The average molecular weight is 210 g/mol. The number of hydrogen-bond donors (Lipinski definition) is 0. The number of hydrogen-bond acceptors (Lipinski definition) is 2. The van der Waals surface area contributed by atoms with Crippen LogP contribution < -0.4 is 0 Å². The normalized spacial score (nSPS) is 12.7. The molecule has 0 N–H and O–H groups in total. The predicted molar refractivity (Wildman–Crippen MR) is 56.3 cm³/mol. The second-order valence-electron chi connectivity index (χ2n) is 2.66. The van der Waals surface area contributed by atoms with Crippen LogP contribution in [0.1, 0.15) is 15.8 Å². The van der Waals surface area contributed by atoms with Gasteiger partial charge in [-0.25, -0.2) is 0 Å². The lowest BCUT2D eigenvalue weighted by molar-refractivity contribution is 1.15. The molecule has 66 valence electrons. The topological polar surface area (TPSA) is 12.9 Å². The molecule has 1 nitrogen and oxygen atoms in total. The van der Waals surface area contributed by atoms with Crippen molar-refractivity contribution < 1.29 is 0 Å². The van der Waals surface area contributed by atoms with E-state index in [1.54, 1.807) is 23.7 Å². The van der Waals surface area contributed by atoms with Gasteiger partial charge >= 0.3 is 0 Å². The fourth-order valence-corrected chi connectivity index (χ4v) is 2.23. The van der Waals surface area contributed by atoms with Gasteiger partial charge in [0.15, 0.2) is 0 Å². The van der Waals surface area contributed by atoms with Gasteiger partial charge in [0, 0.05) is 17.3 Å². The van der Waals surface area contributed by atoms with Crippen LogP contribution in [0.2, 0.25) is 0 Å². The van der Waals surface area contributed by atoms with Gasteiger partial charge in [-0.1, -0.05) is 6.07 Å².